The second kappa shape index (κ2) is 7.69. The second-order valence-electron chi connectivity index (χ2n) is 4.66. The molecule has 1 amide bonds. The number of hydrogen-bond donors (Lipinski definition) is 1. The number of ether oxygens (including phenoxy) is 1. The highest BCUT2D eigenvalue weighted by Crippen LogP contribution is 2.15. The van der Waals surface area contributed by atoms with E-state index >= 15 is 0 Å². The van der Waals surface area contributed by atoms with E-state index < -0.39 is 0 Å². The molecule has 0 saturated carbocycles. The molecule has 5 heteroatoms. The van der Waals surface area contributed by atoms with Gasteiger partial charge in [0, 0.05) is 23.2 Å². The van der Waals surface area contributed by atoms with E-state index in [0.29, 0.717) is 37.6 Å². The lowest BCUT2D eigenvalue weighted by Gasteiger charge is -2.20. The van der Waals surface area contributed by atoms with E-state index in [9.17, 15) is 4.79 Å². The number of thiophene rings is 1. The molecule has 0 aliphatic carbocycles. The fourth-order valence-electron chi connectivity index (χ4n) is 1.99. The minimum absolute atomic E-state index is 0.106. The van der Waals surface area contributed by atoms with Gasteiger partial charge < -0.3 is 15.4 Å². The van der Waals surface area contributed by atoms with Crippen LogP contribution in [0.1, 0.15) is 18.2 Å². The number of carbonyl (C=O) groups is 1. The minimum atomic E-state index is 0.106. The zero-order chi connectivity index (χ0) is 15.1. The van der Waals surface area contributed by atoms with Crippen molar-refractivity contribution in [3.05, 3.63) is 46.7 Å². The number of nitrogens with two attached hydrogens (primary N) is 1. The maximum Gasteiger partial charge on any atom is 0.226 e. The van der Waals surface area contributed by atoms with Crippen LogP contribution in [0, 0.1) is 0 Å². The Kier molecular flexibility index (Phi) is 5.63. The summed E-state index contributed by atoms with van der Waals surface area (Å²) in [6.45, 7) is 3.73. The van der Waals surface area contributed by atoms with E-state index in [4.69, 9.17) is 10.5 Å². The molecule has 0 unspecified atom stereocenters. The zero-order valence-corrected chi connectivity index (χ0v) is 12.9. The Hall–Kier alpha value is -2.01. The summed E-state index contributed by atoms with van der Waals surface area (Å²) in [4.78, 5) is 15.2. The van der Waals surface area contributed by atoms with E-state index in [1.54, 1.807) is 23.5 Å². The van der Waals surface area contributed by atoms with Crippen molar-refractivity contribution < 1.29 is 9.53 Å². The van der Waals surface area contributed by atoms with Crippen molar-refractivity contribution in [2.75, 3.05) is 18.9 Å². The Balaban J connectivity index is 1.80. The lowest BCUT2D eigenvalue weighted by Crippen LogP contribution is -2.31. The topological polar surface area (TPSA) is 55.6 Å². The summed E-state index contributed by atoms with van der Waals surface area (Å²) in [6, 6.07) is 11.3. The van der Waals surface area contributed by atoms with Crippen LogP contribution in [0.3, 0.4) is 0 Å². The van der Waals surface area contributed by atoms with Crippen LogP contribution in [-0.4, -0.2) is 24.0 Å². The maximum absolute atomic E-state index is 12.2. The van der Waals surface area contributed by atoms with E-state index in [1.165, 1.54) is 4.88 Å². The summed E-state index contributed by atoms with van der Waals surface area (Å²) in [7, 11) is 0. The minimum Gasteiger partial charge on any atom is -0.493 e. The number of benzene rings is 1. The number of nitrogens with zero attached hydrogens (tertiary/aromatic N) is 1. The molecule has 1 aromatic carbocycles. The highest BCUT2D eigenvalue weighted by molar-refractivity contribution is 7.09. The number of nitrogen functional groups attached to an aromatic ring is 1. The van der Waals surface area contributed by atoms with Crippen LogP contribution in [0.25, 0.3) is 0 Å². The highest BCUT2D eigenvalue weighted by Gasteiger charge is 2.12. The van der Waals surface area contributed by atoms with Gasteiger partial charge in [-0.1, -0.05) is 12.1 Å². The summed E-state index contributed by atoms with van der Waals surface area (Å²) in [5.74, 6) is 0.805. The monoisotopic (exact) mass is 304 g/mol. The number of amides is 1. The average molecular weight is 304 g/mol. The SMILES string of the molecule is CCN(Cc1cccs1)C(=O)CCOc1cccc(N)c1. The van der Waals surface area contributed by atoms with Crippen LogP contribution >= 0.6 is 11.3 Å². The molecule has 4 nitrogen and oxygen atoms in total. The van der Waals surface area contributed by atoms with Crippen LogP contribution in [-0.2, 0) is 11.3 Å². The third-order valence-electron chi connectivity index (χ3n) is 3.10. The predicted octanol–water partition coefficient (Wildman–Crippen LogP) is 3.15. The molecule has 1 heterocycles. The Morgan fingerprint density at radius 1 is 1.33 bits per heavy atom. The molecule has 0 bridgehead atoms. The molecule has 21 heavy (non-hydrogen) atoms. The lowest BCUT2D eigenvalue weighted by atomic mass is 10.3. The van der Waals surface area contributed by atoms with Crippen molar-refractivity contribution in [2.24, 2.45) is 0 Å². The van der Waals surface area contributed by atoms with Crippen molar-refractivity contribution in [3.8, 4) is 5.75 Å². The first kappa shape index (κ1) is 15.4. The zero-order valence-electron chi connectivity index (χ0n) is 12.1. The fourth-order valence-corrected chi connectivity index (χ4v) is 2.71. The smallest absolute Gasteiger partial charge is 0.226 e. The number of rotatable bonds is 7. The first-order valence-electron chi connectivity index (χ1n) is 6.97. The third kappa shape index (κ3) is 4.79. The summed E-state index contributed by atoms with van der Waals surface area (Å²) in [5, 5.41) is 2.02. The van der Waals surface area contributed by atoms with Crippen LogP contribution in [0.2, 0.25) is 0 Å². The van der Waals surface area contributed by atoms with Crippen molar-refractivity contribution in [2.45, 2.75) is 19.9 Å². The van der Waals surface area contributed by atoms with Gasteiger partial charge in [-0.05, 0) is 30.5 Å². The Morgan fingerprint density at radius 3 is 2.86 bits per heavy atom. The van der Waals surface area contributed by atoms with Gasteiger partial charge in [-0.2, -0.15) is 0 Å². The van der Waals surface area contributed by atoms with Crippen molar-refractivity contribution in [1.29, 1.82) is 0 Å². The van der Waals surface area contributed by atoms with Gasteiger partial charge in [-0.3, -0.25) is 4.79 Å². The Labute approximate surface area is 129 Å². The molecule has 2 N–H and O–H groups in total. The van der Waals surface area contributed by atoms with Gasteiger partial charge in [0.05, 0.1) is 19.6 Å². The van der Waals surface area contributed by atoms with Crippen LogP contribution < -0.4 is 10.5 Å². The molecule has 0 saturated heterocycles. The van der Waals surface area contributed by atoms with Gasteiger partial charge in [-0.25, -0.2) is 0 Å². The van der Waals surface area contributed by atoms with Crippen molar-refractivity contribution in [3.63, 3.8) is 0 Å². The number of anilines is 1. The first-order chi connectivity index (χ1) is 10.2. The molecule has 1 aromatic heterocycles. The van der Waals surface area contributed by atoms with Gasteiger partial charge in [0.15, 0.2) is 0 Å². The Morgan fingerprint density at radius 2 is 2.19 bits per heavy atom. The molecular weight excluding hydrogens is 284 g/mol. The standard InChI is InChI=1S/C16H20N2O2S/c1-2-18(12-15-7-4-10-21-15)16(19)8-9-20-14-6-3-5-13(17)11-14/h3-7,10-11H,2,8-9,12,17H2,1H3. The average Bonchev–Trinajstić information content (AvgIpc) is 2.97. The van der Waals surface area contributed by atoms with Gasteiger partial charge in [0.1, 0.15) is 5.75 Å². The van der Waals surface area contributed by atoms with Crippen LogP contribution in [0.15, 0.2) is 41.8 Å². The van der Waals surface area contributed by atoms with Gasteiger partial charge in [0.25, 0.3) is 0 Å². The van der Waals surface area contributed by atoms with E-state index in [2.05, 4.69) is 0 Å². The quantitative estimate of drug-likeness (QED) is 0.799. The molecule has 0 radical (unpaired) electrons. The van der Waals surface area contributed by atoms with Crippen LogP contribution in [0.5, 0.6) is 5.75 Å². The molecule has 0 spiro atoms. The molecule has 0 atom stereocenters. The maximum atomic E-state index is 12.2. The van der Waals surface area contributed by atoms with Crippen molar-refractivity contribution >= 4 is 22.9 Å². The predicted molar refractivity (Wildman–Crippen MR) is 86.4 cm³/mol. The first-order valence-corrected chi connectivity index (χ1v) is 7.85. The molecule has 112 valence electrons. The van der Waals surface area contributed by atoms with Crippen molar-refractivity contribution in [1.82, 2.24) is 4.90 Å². The summed E-state index contributed by atoms with van der Waals surface area (Å²) in [6.07, 6.45) is 0.369. The largest absolute Gasteiger partial charge is 0.493 e. The number of hydrogen-bond acceptors (Lipinski definition) is 4. The summed E-state index contributed by atoms with van der Waals surface area (Å²) in [5.41, 5.74) is 6.34. The fraction of sp³-hybridized carbons (Fsp3) is 0.312. The summed E-state index contributed by atoms with van der Waals surface area (Å²) < 4.78 is 5.56. The van der Waals surface area contributed by atoms with Crippen LogP contribution in [0.4, 0.5) is 5.69 Å². The molecule has 0 fully saturated rings. The third-order valence-corrected chi connectivity index (χ3v) is 3.97. The van der Waals surface area contributed by atoms with E-state index in [0.717, 1.165) is 0 Å². The molecular formula is C16H20N2O2S. The Bertz CT molecular complexity index is 569. The normalized spacial score (nSPS) is 10.3. The van der Waals surface area contributed by atoms with E-state index in [-0.39, 0.29) is 5.91 Å². The van der Waals surface area contributed by atoms with E-state index in [1.807, 2.05) is 41.5 Å². The van der Waals surface area contributed by atoms with Gasteiger partial charge in [-0.15, -0.1) is 11.3 Å². The summed E-state index contributed by atoms with van der Waals surface area (Å²) >= 11 is 1.67. The molecule has 2 aromatic rings. The lowest BCUT2D eigenvalue weighted by molar-refractivity contribution is -0.132. The molecule has 2 rings (SSSR count). The number of carbonyl (C=O) groups excluding carboxylic acids is 1. The second-order valence-corrected chi connectivity index (χ2v) is 5.69. The molecule has 0 aliphatic heterocycles. The van der Waals surface area contributed by atoms with Gasteiger partial charge in [0.2, 0.25) is 5.91 Å². The van der Waals surface area contributed by atoms with Gasteiger partial charge >= 0.3 is 0 Å². The molecule has 0 aliphatic rings. The highest BCUT2D eigenvalue weighted by atomic mass is 32.1.